The van der Waals surface area contributed by atoms with Crippen LogP contribution in [0, 0.1) is 0 Å². The molecule has 3 aromatic rings. The molecule has 184 valence electrons. The summed E-state index contributed by atoms with van der Waals surface area (Å²) in [6.07, 6.45) is 2.15. The van der Waals surface area contributed by atoms with Gasteiger partial charge in [0.05, 0.1) is 12.2 Å². The van der Waals surface area contributed by atoms with Gasteiger partial charge in [-0.1, -0.05) is 60.7 Å². The largest absolute Gasteiger partial charge is 0.444 e. The molecule has 0 spiro atoms. The van der Waals surface area contributed by atoms with Crippen LogP contribution in [0.4, 0.5) is 16.4 Å². The predicted molar refractivity (Wildman–Crippen MR) is 143 cm³/mol. The molecule has 1 N–H and O–H groups in total. The second kappa shape index (κ2) is 11.1. The fourth-order valence-electron chi connectivity index (χ4n) is 4.15. The summed E-state index contributed by atoms with van der Waals surface area (Å²) in [5, 5.41) is 3.44. The number of nitrogens with zero attached hydrogens (tertiary/aromatic N) is 4. The van der Waals surface area contributed by atoms with E-state index in [0.717, 1.165) is 18.1 Å². The summed E-state index contributed by atoms with van der Waals surface area (Å²) in [5.41, 5.74) is 1.80. The summed E-state index contributed by atoms with van der Waals surface area (Å²) in [6, 6.07) is 20.4. The molecule has 0 bridgehead atoms. The van der Waals surface area contributed by atoms with Gasteiger partial charge in [0.1, 0.15) is 10.2 Å². The summed E-state index contributed by atoms with van der Waals surface area (Å²) < 4.78 is 6.41. The van der Waals surface area contributed by atoms with Crippen molar-refractivity contribution in [1.29, 1.82) is 0 Å². The molecule has 0 saturated carbocycles. The van der Waals surface area contributed by atoms with Gasteiger partial charge in [0, 0.05) is 26.2 Å². The normalized spacial score (nSPS) is 16.2. The highest BCUT2D eigenvalue weighted by molar-refractivity contribution is 9.10. The quantitative estimate of drug-likeness (QED) is 0.446. The van der Waals surface area contributed by atoms with Crippen molar-refractivity contribution in [3.8, 4) is 0 Å². The second-order valence-corrected chi connectivity index (χ2v) is 10.5. The van der Waals surface area contributed by atoms with Gasteiger partial charge in [-0.2, -0.15) is 0 Å². The van der Waals surface area contributed by atoms with Crippen LogP contribution in [0.1, 0.15) is 31.9 Å². The molecule has 8 heteroatoms. The van der Waals surface area contributed by atoms with Gasteiger partial charge in [-0.3, -0.25) is 0 Å². The number of halogens is 1. The van der Waals surface area contributed by atoms with E-state index in [4.69, 9.17) is 9.72 Å². The van der Waals surface area contributed by atoms with E-state index < -0.39 is 5.60 Å². The monoisotopic (exact) mass is 537 g/mol. The van der Waals surface area contributed by atoms with E-state index in [1.165, 1.54) is 11.1 Å². The van der Waals surface area contributed by atoms with Crippen LogP contribution in [-0.4, -0.2) is 52.2 Å². The Morgan fingerprint density at radius 1 is 1.06 bits per heavy atom. The molecule has 1 fully saturated rings. The third-order valence-electron chi connectivity index (χ3n) is 5.75. The SMILES string of the molecule is CC(C)(C)OC(=O)N1CCN(c2nc(Br)cnc2NCc2ccccc2)CC1Cc1ccccc1. The molecule has 2 heterocycles. The Kier molecular flexibility index (Phi) is 7.90. The minimum absolute atomic E-state index is 0.0660. The molecule has 1 amide bonds. The standard InChI is InChI=1S/C27H32BrN5O2/c1-27(2,3)35-26(34)33-15-14-32(19-22(33)16-20-10-6-4-7-11-20)25-24(30-18-23(28)31-25)29-17-21-12-8-5-9-13-21/h4-13,18,22H,14-17,19H2,1-3H3,(H,29,30). The number of ether oxygens (including phenoxy) is 1. The minimum atomic E-state index is -0.546. The number of piperazine rings is 1. The average molecular weight is 538 g/mol. The summed E-state index contributed by atoms with van der Waals surface area (Å²) >= 11 is 3.48. The molecule has 4 rings (SSSR count). The molecule has 2 aromatic carbocycles. The second-order valence-electron chi connectivity index (χ2n) is 9.67. The van der Waals surface area contributed by atoms with Crippen LogP contribution in [0.3, 0.4) is 0 Å². The zero-order valence-electron chi connectivity index (χ0n) is 20.4. The van der Waals surface area contributed by atoms with Crippen LogP contribution in [0.25, 0.3) is 0 Å². The Hall–Kier alpha value is -3.13. The van der Waals surface area contributed by atoms with Gasteiger partial charge in [0.2, 0.25) is 0 Å². The fraction of sp³-hybridized carbons (Fsp3) is 0.370. The van der Waals surface area contributed by atoms with Gasteiger partial charge in [0.25, 0.3) is 0 Å². The summed E-state index contributed by atoms with van der Waals surface area (Å²) in [5.74, 6) is 1.50. The topological polar surface area (TPSA) is 70.6 Å². The lowest BCUT2D eigenvalue weighted by Gasteiger charge is -2.42. The smallest absolute Gasteiger partial charge is 0.410 e. The van der Waals surface area contributed by atoms with Crippen LogP contribution in [0.15, 0.2) is 71.5 Å². The van der Waals surface area contributed by atoms with E-state index in [0.29, 0.717) is 30.8 Å². The van der Waals surface area contributed by atoms with Gasteiger partial charge in [0.15, 0.2) is 11.6 Å². The molecule has 0 radical (unpaired) electrons. The van der Waals surface area contributed by atoms with Gasteiger partial charge in [-0.15, -0.1) is 0 Å². The molecular weight excluding hydrogens is 506 g/mol. The number of anilines is 2. The Labute approximate surface area is 215 Å². The Balaban J connectivity index is 1.56. The number of carbonyl (C=O) groups is 1. The highest BCUT2D eigenvalue weighted by Crippen LogP contribution is 2.28. The van der Waals surface area contributed by atoms with Gasteiger partial charge in [-0.25, -0.2) is 14.8 Å². The molecule has 1 saturated heterocycles. The van der Waals surface area contributed by atoms with Crippen LogP contribution >= 0.6 is 15.9 Å². The number of rotatable bonds is 6. The first-order valence-electron chi connectivity index (χ1n) is 11.9. The third kappa shape index (κ3) is 6.94. The maximum atomic E-state index is 13.1. The molecule has 1 atom stereocenters. The number of amides is 1. The van der Waals surface area contributed by atoms with Crippen molar-refractivity contribution >= 4 is 33.7 Å². The molecule has 1 unspecified atom stereocenters. The molecule has 0 aliphatic carbocycles. The van der Waals surface area contributed by atoms with E-state index in [-0.39, 0.29) is 12.1 Å². The molecule has 1 aliphatic rings. The first-order valence-corrected chi connectivity index (χ1v) is 12.7. The van der Waals surface area contributed by atoms with E-state index in [9.17, 15) is 4.79 Å². The number of aromatic nitrogens is 2. The lowest BCUT2D eigenvalue weighted by molar-refractivity contribution is 0.0140. The molecule has 35 heavy (non-hydrogen) atoms. The number of hydrogen-bond acceptors (Lipinski definition) is 6. The van der Waals surface area contributed by atoms with E-state index in [2.05, 4.69) is 55.4 Å². The zero-order chi connectivity index (χ0) is 24.8. The Bertz CT molecular complexity index is 1120. The Morgan fingerprint density at radius 3 is 2.37 bits per heavy atom. The lowest BCUT2D eigenvalue weighted by Crippen LogP contribution is -2.57. The van der Waals surface area contributed by atoms with Crippen molar-refractivity contribution in [2.45, 2.75) is 45.4 Å². The van der Waals surface area contributed by atoms with Crippen molar-refractivity contribution in [1.82, 2.24) is 14.9 Å². The van der Waals surface area contributed by atoms with Crippen molar-refractivity contribution in [2.24, 2.45) is 0 Å². The number of carbonyl (C=O) groups excluding carboxylic acids is 1. The number of nitrogens with one attached hydrogen (secondary N) is 1. The Morgan fingerprint density at radius 2 is 1.71 bits per heavy atom. The minimum Gasteiger partial charge on any atom is -0.444 e. The molecule has 1 aromatic heterocycles. The average Bonchev–Trinajstić information content (AvgIpc) is 2.83. The molecule has 1 aliphatic heterocycles. The van der Waals surface area contributed by atoms with Gasteiger partial charge >= 0.3 is 6.09 Å². The summed E-state index contributed by atoms with van der Waals surface area (Å²) in [7, 11) is 0. The van der Waals surface area contributed by atoms with Crippen molar-refractivity contribution in [3.63, 3.8) is 0 Å². The van der Waals surface area contributed by atoms with E-state index >= 15 is 0 Å². The van der Waals surface area contributed by atoms with Crippen LogP contribution in [0.2, 0.25) is 0 Å². The zero-order valence-corrected chi connectivity index (χ0v) is 22.0. The molecule has 7 nitrogen and oxygen atoms in total. The predicted octanol–water partition coefficient (Wildman–Crippen LogP) is 5.52. The highest BCUT2D eigenvalue weighted by Gasteiger charge is 2.34. The van der Waals surface area contributed by atoms with Gasteiger partial charge in [-0.05, 0) is 54.2 Å². The summed E-state index contributed by atoms with van der Waals surface area (Å²) in [4.78, 5) is 26.5. The van der Waals surface area contributed by atoms with Crippen LogP contribution < -0.4 is 10.2 Å². The molecular formula is C27H32BrN5O2. The first kappa shape index (κ1) is 25.0. The maximum Gasteiger partial charge on any atom is 0.410 e. The fourth-order valence-corrected chi connectivity index (χ4v) is 4.43. The first-order chi connectivity index (χ1) is 16.8. The van der Waals surface area contributed by atoms with E-state index in [1.54, 1.807) is 6.20 Å². The van der Waals surface area contributed by atoms with Crippen molar-refractivity contribution < 1.29 is 9.53 Å². The summed E-state index contributed by atoms with van der Waals surface area (Å²) in [6.45, 7) is 8.14. The van der Waals surface area contributed by atoms with Crippen molar-refractivity contribution in [3.05, 3.63) is 82.6 Å². The highest BCUT2D eigenvalue weighted by atomic mass is 79.9. The number of benzene rings is 2. The number of hydrogen-bond donors (Lipinski definition) is 1. The maximum absolute atomic E-state index is 13.1. The van der Waals surface area contributed by atoms with Gasteiger partial charge < -0.3 is 19.9 Å². The lowest BCUT2D eigenvalue weighted by atomic mass is 10.0. The van der Waals surface area contributed by atoms with E-state index in [1.807, 2.05) is 62.1 Å². The van der Waals surface area contributed by atoms with Crippen molar-refractivity contribution in [2.75, 3.05) is 29.9 Å². The van der Waals surface area contributed by atoms with Crippen LogP contribution in [0.5, 0.6) is 0 Å². The third-order valence-corrected chi connectivity index (χ3v) is 6.13. The van der Waals surface area contributed by atoms with Crippen LogP contribution in [-0.2, 0) is 17.7 Å².